The number of carbonyl (C=O) groups is 1. The normalized spacial score (nSPS) is 21.0. The summed E-state index contributed by atoms with van der Waals surface area (Å²) in [4.78, 5) is 14.2. The number of carbonyl (C=O) groups excluding carboxylic acids is 1. The third-order valence-electron chi connectivity index (χ3n) is 4.51. The molecule has 1 fully saturated rings. The zero-order valence-electron chi connectivity index (χ0n) is 12.2. The molecule has 2 aliphatic heterocycles. The highest BCUT2D eigenvalue weighted by atomic mass is 32.2. The first-order valence-corrected chi connectivity index (χ1v) is 8.73. The zero-order chi connectivity index (χ0) is 14.1. The molecule has 20 heavy (non-hydrogen) atoms. The second-order valence-corrected chi connectivity index (χ2v) is 6.89. The second-order valence-electron chi connectivity index (χ2n) is 5.71. The van der Waals surface area contributed by atoms with Crippen molar-refractivity contribution in [2.45, 2.75) is 50.3 Å². The highest BCUT2D eigenvalue weighted by Crippen LogP contribution is 2.29. The molecule has 0 aliphatic carbocycles. The summed E-state index contributed by atoms with van der Waals surface area (Å²) < 4.78 is 2.30. The number of piperidine rings is 1. The maximum absolute atomic E-state index is 12.2. The van der Waals surface area contributed by atoms with E-state index in [4.69, 9.17) is 0 Å². The van der Waals surface area contributed by atoms with E-state index in [0.29, 0.717) is 5.92 Å². The summed E-state index contributed by atoms with van der Waals surface area (Å²) in [6.45, 7) is 4.78. The van der Waals surface area contributed by atoms with Gasteiger partial charge in [0.15, 0.2) is 0 Å². The van der Waals surface area contributed by atoms with E-state index in [1.807, 2.05) is 18.1 Å². The molecule has 1 aromatic rings. The molecule has 2 aliphatic rings. The number of aryl methyl sites for hydroxylation is 1. The van der Waals surface area contributed by atoms with Gasteiger partial charge in [0, 0.05) is 32.0 Å². The van der Waals surface area contributed by atoms with Crippen LogP contribution >= 0.6 is 11.8 Å². The van der Waals surface area contributed by atoms with E-state index in [1.165, 1.54) is 6.42 Å². The molecule has 0 spiro atoms. The van der Waals surface area contributed by atoms with Crippen LogP contribution in [0.5, 0.6) is 0 Å². The van der Waals surface area contributed by atoms with Crippen molar-refractivity contribution in [2.24, 2.45) is 0 Å². The second kappa shape index (κ2) is 5.76. The van der Waals surface area contributed by atoms with Crippen LogP contribution < -0.4 is 0 Å². The SMILES string of the molecule is CS[C@H](C)C(=O)N1CCC(c2nnc3n2CCC3)CC1. The number of hydrogen-bond acceptors (Lipinski definition) is 4. The van der Waals surface area contributed by atoms with Gasteiger partial charge in [-0.15, -0.1) is 10.2 Å². The number of likely N-dealkylation sites (tertiary alicyclic amines) is 1. The molecular formula is C14H22N4OS. The van der Waals surface area contributed by atoms with Crippen LogP contribution in [0.15, 0.2) is 0 Å². The van der Waals surface area contributed by atoms with Gasteiger partial charge in [0.2, 0.25) is 5.91 Å². The molecule has 1 aromatic heterocycles. The average Bonchev–Trinajstić information content (AvgIpc) is 3.08. The van der Waals surface area contributed by atoms with Crippen molar-refractivity contribution >= 4 is 17.7 Å². The Balaban J connectivity index is 1.62. The molecule has 0 N–H and O–H groups in total. The van der Waals surface area contributed by atoms with Gasteiger partial charge in [0.05, 0.1) is 5.25 Å². The highest BCUT2D eigenvalue weighted by molar-refractivity contribution is 7.99. The Morgan fingerprint density at radius 3 is 2.75 bits per heavy atom. The van der Waals surface area contributed by atoms with Gasteiger partial charge < -0.3 is 9.47 Å². The van der Waals surface area contributed by atoms with E-state index in [-0.39, 0.29) is 11.2 Å². The predicted octanol–water partition coefficient (Wildman–Crippen LogP) is 1.68. The number of amides is 1. The fourth-order valence-corrected chi connectivity index (χ4v) is 3.54. The fraction of sp³-hybridized carbons (Fsp3) is 0.786. The molecule has 1 amide bonds. The summed E-state index contributed by atoms with van der Waals surface area (Å²) in [5, 5.41) is 8.76. The lowest BCUT2D eigenvalue weighted by Crippen LogP contribution is -2.42. The molecule has 6 heteroatoms. The number of hydrogen-bond donors (Lipinski definition) is 0. The van der Waals surface area contributed by atoms with Gasteiger partial charge in [0.25, 0.3) is 0 Å². The van der Waals surface area contributed by atoms with Gasteiger partial charge >= 0.3 is 0 Å². The van der Waals surface area contributed by atoms with Crippen molar-refractivity contribution in [3.63, 3.8) is 0 Å². The van der Waals surface area contributed by atoms with Crippen molar-refractivity contribution in [1.82, 2.24) is 19.7 Å². The molecule has 110 valence electrons. The quantitative estimate of drug-likeness (QED) is 0.851. The Kier molecular flexibility index (Phi) is 4.01. The van der Waals surface area contributed by atoms with Crippen LogP contribution in [0.2, 0.25) is 0 Å². The van der Waals surface area contributed by atoms with Crippen LogP contribution in [0.4, 0.5) is 0 Å². The minimum Gasteiger partial charge on any atom is -0.342 e. The molecule has 3 heterocycles. The minimum absolute atomic E-state index is 0.0730. The topological polar surface area (TPSA) is 51.0 Å². The highest BCUT2D eigenvalue weighted by Gasteiger charge is 2.30. The van der Waals surface area contributed by atoms with E-state index in [0.717, 1.165) is 50.5 Å². The third kappa shape index (κ3) is 2.45. The largest absolute Gasteiger partial charge is 0.342 e. The molecule has 0 unspecified atom stereocenters. The fourth-order valence-electron chi connectivity index (χ4n) is 3.19. The maximum atomic E-state index is 12.2. The van der Waals surface area contributed by atoms with Gasteiger partial charge in [-0.2, -0.15) is 11.8 Å². The van der Waals surface area contributed by atoms with Crippen molar-refractivity contribution in [3.8, 4) is 0 Å². The van der Waals surface area contributed by atoms with Crippen molar-refractivity contribution in [1.29, 1.82) is 0 Å². The third-order valence-corrected chi connectivity index (χ3v) is 5.42. The average molecular weight is 294 g/mol. The summed E-state index contributed by atoms with van der Waals surface area (Å²) in [7, 11) is 0. The van der Waals surface area contributed by atoms with E-state index in [1.54, 1.807) is 11.8 Å². The molecule has 0 bridgehead atoms. The molecule has 5 nitrogen and oxygen atoms in total. The lowest BCUT2D eigenvalue weighted by atomic mass is 9.95. The molecule has 0 aromatic carbocycles. The van der Waals surface area contributed by atoms with Crippen molar-refractivity contribution < 1.29 is 4.79 Å². The lowest BCUT2D eigenvalue weighted by molar-refractivity contribution is -0.131. The minimum atomic E-state index is 0.0730. The van der Waals surface area contributed by atoms with Gasteiger partial charge in [-0.25, -0.2) is 0 Å². The number of rotatable bonds is 3. The number of fused-ring (bicyclic) bond motifs is 1. The lowest BCUT2D eigenvalue weighted by Gasteiger charge is -2.33. The number of aromatic nitrogens is 3. The molecule has 1 atom stereocenters. The first-order valence-electron chi connectivity index (χ1n) is 7.44. The van der Waals surface area contributed by atoms with E-state index >= 15 is 0 Å². The van der Waals surface area contributed by atoms with E-state index in [2.05, 4.69) is 14.8 Å². The standard InChI is InChI=1S/C14H22N4OS/c1-10(20-2)14(19)17-8-5-11(6-9-17)13-16-15-12-4-3-7-18(12)13/h10-11H,3-9H2,1-2H3/t10-/m1/s1. The van der Waals surface area contributed by atoms with Crippen LogP contribution in [0.1, 0.15) is 43.8 Å². The van der Waals surface area contributed by atoms with Crippen LogP contribution in [0.25, 0.3) is 0 Å². The molecule has 3 rings (SSSR count). The predicted molar refractivity (Wildman–Crippen MR) is 79.9 cm³/mol. The number of thioether (sulfide) groups is 1. The number of nitrogens with zero attached hydrogens (tertiary/aromatic N) is 4. The summed E-state index contributed by atoms with van der Waals surface area (Å²) in [5.41, 5.74) is 0. The van der Waals surface area contributed by atoms with Crippen molar-refractivity contribution in [3.05, 3.63) is 11.6 Å². The van der Waals surface area contributed by atoms with E-state index < -0.39 is 0 Å². The van der Waals surface area contributed by atoms with Gasteiger partial charge in [-0.05, 0) is 32.4 Å². The Hall–Kier alpha value is -1.04. The van der Waals surface area contributed by atoms with Gasteiger partial charge in [-0.3, -0.25) is 4.79 Å². The van der Waals surface area contributed by atoms with E-state index in [9.17, 15) is 4.79 Å². The van der Waals surface area contributed by atoms with Gasteiger partial charge in [-0.1, -0.05) is 0 Å². The van der Waals surface area contributed by atoms with Crippen LogP contribution in [0.3, 0.4) is 0 Å². The molecule has 0 saturated carbocycles. The molecule has 1 saturated heterocycles. The summed E-state index contributed by atoms with van der Waals surface area (Å²) in [5.74, 6) is 3.06. The molecular weight excluding hydrogens is 272 g/mol. The Morgan fingerprint density at radius 1 is 1.30 bits per heavy atom. The van der Waals surface area contributed by atoms with Crippen LogP contribution in [0, 0.1) is 0 Å². The Labute approximate surface area is 124 Å². The van der Waals surface area contributed by atoms with Gasteiger partial charge in [0.1, 0.15) is 11.6 Å². The summed E-state index contributed by atoms with van der Waals surface area (Å²) in [6.07, 6.45) is 6.29. The van der Waals surface area contributed by atoms with Crippen molar-refractivity contribution in [2.75, 3.05) is 19.3 Å². The van der Waals surface area contributed by atoms with Crippen LogP contribution in [-0.2, 0) is 17.8 Å². The summed E-state index contributed by atoms with van der Waals surface area (Å²) in [6, 6.07) is 0. The maximum Gasteiger partial charge on any atom is 0.235 e. The zero-order valence-corrected chi connectivity index (χ0v) is 13.0. The first kappa shape index (κ1) is 13.9. The molecule has 0 radical (unpaired) electrons. The first-order chi connectivity index (χ1) is 9.70. The Morgan fingerprint density at radius 2 is 2.05 bits per heavy atom. The Bertz CT molecular complexity index is 493. The monoisotopic (exact) mass is 294 g/mol. The summed E-state index contributed by atoms with van der Waals surface area (Å²) >= 11 is 1.62. The van der Waals surface area contributed by atoms with Crippen LogP contribution in [-0.4, -0.2) is 50.2 Å². The smallest absolute Gasteiger partial charge is 0.235 e.